The fraction of sp³-hybridized carbons (Fsp3) is 0.462. The van der Waals surface area contributed by atoms with Crippen molar-refractivity contribution in [1.29, 1.82) is 0 Å². The van der Waals surface area contributed by atoms with Gasteiger partial charge >= 0.3 is 0 Å². The van der Waals surface area contributed by atoms with Gasteiger partial charge in [-0.05, 0) is 25.3 Å². The molecule has 1 aromatic carbocycles. The Balaban J connectivity index is 2.02. The van der Waals surface area contributed by atoms with Crippen LogP contribution in [0.3, 0.4) is 0 Å². The summed E-state index contributed by atoms with van der Waals surface area (Å²) in [6.07, 6.45) is 1.60. The van der Waals surface area contributed by atoms with Crippen LogP contribution in [0, 0.1) is 10.1 Å². The molecule has 102 valence electrons. The lowest BCUT2D eigenvalue weighted by Gasteiger charge is -2.33. The molecular weight excluding hydrogens is 246 g/mol. The maximum absolute atomic E-state index is 12.0. The molecule has 0 radical (unpaired) electrons. The Morgan fingerprint density at radius 1 is 1.53 bits per heavy atom. The van der Waals surface area contributed by atoms with Crippen molar-refractivity contribution < 1.29 is 9.72 Å². The normalized spacial score (nSPS) is 23.3. The summed E-state index contributed by atoms with van der Waals surface area (Å²) in [5, 5.41) is 13.6. The molecule has 2 rings (SSSR count). The number of carbonyl (C=O) groups excluding carboxylic acids is 1. The van der Waals surface area contributed by atoms with Crippen LogP contribution >= 0.6 is 0 Å². The number of nitrogens with zero attached hydrogens (tertiary/aromatic N) is 1. The molecular formula is C13H17N3O3. The van der Waals surface area contributed by atoms with Gasteiger partial charge in [0, 0.05) is 24.2 Å². The first-order valence-corrected chi connectivity index (χ1v) is 6.27. The molecule has 1 aliphatic rings. The Morgan fingerprint density at radius 2 is 2.21 bits per heavy atom. The van der Waals surface area contributed by atoms with Gasteiger partial charge < -0.3 is 11.1 Å². The van der Waals surface area contributed by atoms with Crippen LogP contribution < -0.4 is 11.1 Å². The molecule has 19 heavy (non-hydrogen) atoms. The molecule has 0 heterocycles. The summed E-state index contributed by atoms with van der Waals surface area (Å²) in [6.45, 7) is 1.74. The first-order chi connectivity index (χ1) is 8.97. The number of hydrogen-bond acceptors (Lipinski definition) is 4. The van der Waals surface area contributed by atoms with Gasteiger partial charge in [0.05, 0.1) is 10.8 Å². The number of carbonyl (C=O) groups is 1. The average Bonchev–Trinajstić information content (AvgIpc) is 2.36. The highest BCUT2D eigenvalue weighted by atomic mass is 16.6. The first-order valence-electron chi connectivity index (χ1n) is 6.27. The quantitative estimate of drug-likeness (QED) is 0.632. The van der Waals surface area contributed by atoms with Crippen molar-refractivity contribution in [3.05, 3.63) is 39.9 Å². The van der Waals surface area contributed by atoms with Crippen molar-refractivity contribution >= 4 is 11.6 Å². The monoisotopic (exact) mass is 263 g/mol. The molecule has 6 nitrogen and oxygen atoms in total. The number of rotatable bonds is 4. The molecule has 1 atom stereocenters. The summed E-state index contributed by atoms with van der Waals surface area (Å²) in [5.74, 6) is -0.519. The van der Waals surface area contributed by atoms with E-state index >= 15 is 0 Å². The summed E-state index contributed by atoms with van der Waals surface area (Å²) in [4.78, 5) is 22.3. The van der Waals surface area contributed by atoms with Gasteiger partial charge in [-0.2, -0.15) is 0 Å². The van der Waals surface area contributed by atoms with Gasteiger partial charge in [-0.1, -0.05) is 12.1 Å². The van der Waals surface area contributed by atoms with E-state index in [0.29, 0.717) is 5.56 Å². The number of non-ortho nitro benzene ring substituents is 1. The van der Waals surface area contributed by atoms with Crippen LogP contribution in [-0.2, 0) is 4.79 Å². The highest BCUT2D eigenvalue weighted by molar-refractivity contribution is 5.83. The summed E-state index contributed by atoms with van der Waals surface area (Å²) in [5.41, 5.74) is 6.31. The fourth-order valence-electron chi connectivity index (χ4n) is 2.16. The third-order valence-electron chi connectivity index (χ3n) is 3.50. The number of amides is 1. The molecule has 3 N–H and O–H groups in total. The van der Waals surface area contributed by atoms with Gasteiger partial charge in [0.15, 0.2) is 0 Å². The molecule has 1 unspecified atom stereocenters. The van der Waals surface area contributed by atoms with Crippen LogP contribution in [0.4, 0.5) is 5.69 Å². The third-order valence-corrected chi connectivity index (χ3v) is 3.50. The lowest BCUT2D eigenvalue weighted by Crippen LogP contribution is -2.51. The molecule has 0 bridgehead atoms. The van der Waals surface area contributed by atoms with Gasteiger partial charge in [0.25, 0.3) is 5.69 Å². The van der Waals surface area contributed by atoms with E-state index in [1.165, 1.54) is 12.1 Å². The molecule has 0 spiro atoms. The Bertz CT molecular complexity index is 498. The molecule has 0 saturated heterocycles. The second kappa shape index (κ2) is 5.36. The van der Waals surface area contributed by atoms with Crippen LogP contribution in [0.5, 0.6) is 0 Å². The molecule has 1 aromatic rings. The fourth-order valence-corrected chi connectivity index (χ4v) is 2.16. The van der Waals surface area contributed by atoms with E-state index in [0.717, 1.165) is 12.8 Å². The highest BCUT2D eigenvalue weighted by Gasteiger charge is 2.29. The lowest BCUT2D eigenvalue weighted by atomic mass is 9.87. The van der Waals surface area contributed by atoms with Gasteiger partial charge in [0.1, 0.15) is 0 Å². The van der Waals surface area contributed by atoms with Crippen molar-refractivity contribution in [2.24, 2.45) is 5.73 Å². The SMILES string of the molecule is CC(C(=O)NC1CC(N)C1)c1cccc([N+](=O)[O-])c1. The molecule has 6 heteroatoms. The third kappa shape index (κ3) is 3.08. The van der Waals surface area contributed by atoms with Crippen molar-refractivity contribution in [3.63, 3.8) is 0 Å². The second-order valence-corrected chi connectivity index (χ2v) is 5.01. The van der Waals surface area contributed by atoms with Crippen molar-refractivity contribution in [2.45, 2.75) is 37.8 Å². The first kappa shape index (κ1) is 13.5. The van der Waals surface area contributed by atoms with Crippen LogP contribution in [0.2, 0.25) is 0 Å². The van der Waals surface area contributed by atoms with Crippen molar-refractivity contribution in [1.82, 2.24) is 5.32 Å². The van der Waals surface area contributed by atoms with Gasteiger partial charge in [-0.3, -0.25) is 14.9 Å². The van der Waals surface area contributed by atoms with Gasteiger partial charge in [-0.25, -0.2) is 0 Å². The van der Waals surface area contributed by atoms with E-state index in [-0.39, 0.29) is 23.7 Å². The minimum atomic E-state index is -0.459. The van der Waals surface area contributed by atoms with E-state index in [1.807, 2.05) is 0 Å². The van der Waals surface area contributed by atoms with E-state index in [1.54, 1.807) is 19.1 Å². The number of hydrogen-bond donors (Lipinski definition) is 2. The smallest absolute Gasteiger partial charge is 0.269 e. The minimum Gasteiger partial charge on any atom is -0.353 e. The Morgan fingerprint density at radius 3 is 2.79 bits per heavy atom. The maximum Gasteiger partial charge on any atom is 0.269 e. The topological polar surface area (TPSA) is 98.3 Å². The molecule has 0 aliphatic heterocycles. The number of nitro groups is 1. The Kier molecular flexibility index (Phi) is 3.80. The zero-order valence-electron chi connectivity index (χ0n) is 10.7. The number of nitrogens with two attached hydrogens (primary N) is 1. The zero-order valence-corrected chi connectivity index (χ0v) is 10.7. The standard InChI is InChI=1S/C13H17N3O3/c1-8(13(17)15-11-6-10(14)7-11)9-3-2-4-12(5-9)16(18)19/h2-5,8,10-11H,6-7,14H2,1H3,(H,15,17). The van der Waals surface area contributed by atoms with E-state index in [4.69, 9.17) is 5.73 Å². The largest absolute Gasteiger partial charge is 0.353 e. The maximum atomic E-state index is 12.0. The predicted molar refractivity (Wildman–Crippen MR) is 70.7 cm³/mol. The van der Waals surface area contributed by atoms with E-state index in [2.05, 4.69) is 5.32 Å². The van der Waals surface area contributed by atoms with Crippen molar-refractivity contribution in [2.75, 3.05) is 0 Å². The van der Waals surface area contributed by atoms with Gasteiger partial charge in [-0.15, -0.1) is 0 Å². The zero-order chi connectivity index (χ0) is 14.0. The molecule has 0 aromatic heterocycles. The second-order valence-electron chi connectivity index (χ2n) is 5.01. The summed E-state index contributed by atoms with van der Waals surface area (Å²) >= 11 is 0. The Hall–Kier alpha value is -1.95. The number of benzene rings is 1. The van der Waals surface area contributed by atoms with Crippen LogP contribution in [-0.4, -0.2) is 22.9 Å². The molecule has 1 aliphatic carbocycles. The van der Waals surface area contributed by atoms with Crippen LogP contribution in [0.15, 0.2) is 24.3 Å². The summed E-state index contributed by atoms with van der Waals surface area (Å²) in [7, 11) is 0. The predicted octanol–water partition coefficient (Wildman–Crippen LogP) is 1.30. The summed E-state index contributed by atoms with van der Waals surface area (Å²) < 4.78 is 0. The average molecular weight is 263 g/mol. The molecule has 1 saturated carbocycles. The minimum absolute atomic E-state index is 0.00261. The van der Waals surface area contributed by atoms with E-state index < -0.39 is 10.8 Å². The molecule has 1 fully saturated rings. The van der Waals surface area contributed by atoms with Crippen LogP contribution in [0.25, 0.3) is 0 Å². The lowest BCUT2D eigenvalue weighted by molar-refractivity contribution is -0.384. The highest BCUT2D eigenvalue weighted by Crippen LogP contribution is 2.23. The van der Waals surface area contributed by atoms with Gasteiger partial charge in [0.2, 0.25) is 5.91 Å². The van der Waals surface area contributed by atoms with Crippen LogP contribution in [0.1, 0.15) is 31.2 Å². The number of nitrogens with one attached hydrogen (secondary N) is 1. The van der Waals surface area contributed by atoms with E-state index in [9.17, 15) is 14.9 Å². The summed E-state index contributed by atoms with van der Waals surface area (Å²) in [6, 6.07) is 6.50. The Labute approximate surface area is 111 Å². The molecule has 1 amide bonds. The number of nitro benzene ring substituents is 1. The van der Waals surface area contributed by atoms with Crippen molar-refractivity contribution in [3.8, 4) is 0 Å².